The quantitative estimate of drug-likeness (QED) is 0.862. The van der Waals surface area contributed by atoms with Crippen molar-refractivity contribution in [3.63, 3.8) is 0 Å². The monoisotopic (exact) mass is 233 g/mol. The van der Waals surface area contributed by atoms with Gasteiger partial charge in [0.05, 0.1) is 11.6 Å². The molecule has 1 saturated carbocycles. The molecular formula is C15H23NO. The number of nitrogens with one attached hydrogen (secondary N) is 1. The lowest BCUT2D eigenvalue weighted by Gasteiger charge is -2.36. The molecule has 1 aliphatic rings. The van der Waals surface area contributed by atoms with Crippen molar-refractivity contribution in [3.05, 3.63) is 35.4 Å². The zero-order valence-electron chi connectivity index (χ0n) is 11.1. The van der Waals surface area contributed by atoms with Crippen molar-refractivity contribution in [2.75, 3.05) is 14.2 Å². The molecule has 2 nitrogen and oxygen atoms in total. The average Bonchev–Trinajstić information content (AvgIpc) is 2.80. The largest absolute Gasteiger partial charge is 0.376 e. The molecular weight excluding hydrogens is 210 g/mol. The second-order valence-corrected chi connectivity index (χ2v) is 5.11. The number of benzene rings is 1. The van der Waals surface area contributed by atoms with Crippen molar-refractivity contribution < 1.29 is 4.74 Å². The highest BCUT2D eigenvalue weighted by Crippen LogP contribution is 2.42. The number of ether oxygens (including phenoxy) is 1. The van der Waals surface area contributed by atoms with Gasteiger partial charge in [0.25, 0.3) is 0 Å². The van der Waals surface area contributed by atoms with E-state index < -0.39 is 0 Å². The Hall–Kier alpha value is -0.860. The zero-order valence-corrected chi connectivity index (χ0v) is 11.1. The van der Waals surface area contributed by atoms with Crippen LogP contribution in [0.25, 0.3) is 0 Å². The summed E-state index contributed by atoms with van der Waals surface area (Å²) in [4.78, 5) is 0. The molecule has 0 bridgehead atoms. The third-order valence-corrected chi connectivity index (χ3v) is 4.05. The maximum Gasteiger partial charge on any atom is 0.0872 e. The lowest BCUT2D eigenvalue weighted by atomic mass is 9.86. The summed E-state index contributed by atoms with van der Waals surface area (Å²) in [7, 11) is 3.89. The first-order valence-corrected chi connectivity index (χ1v) is 6.51. The first kappa shape index (κ1) is 12.6. The summed E-state index contributed by atoms with van der Waals surface area (Å²) < 4.78 is 5.88. The molecule has 94 valence electrons. The van der Waals surface area contributed by atoms with Crippen LogP contribution in [0.3, 0.4) is 0 Å². The first-order valence-electron chi connectivity index (χ1n) is 6.51. The molecule has 1 aromatic carbocycles. The summed E-state index contributed by atoms with van der Waals surface area (Å²) in [5.41, 5.74) is 2.64. The van der Waals surface area contributed by atoms with Crippen molar-refractivity contribution >= 4 is 0 Å². The van der Waals surface area contributed by atoms with Crippen molar-refractivity contribution in [3.8, 4) is 0 Å². The third-order valence-electron chi connectivity index (χ3n) is 4.05. The zero-order chi connectivity index (χ0) is 12.3. The number of hydrogen-bond acceptors (Lipinski definition) is 2. The molecule has 0 heterocycles. The lowest BCUT2D eigenvalue weighted by molar-refractivity contribution is -0.0349. The minimum Gasteiger partial charge on any atom is -0.376 e. The summed E-state index contributed by atoms with van der Waals surface area (Å²) in [5, 5.41) is 3.45. The van der Waals surface area contributed by atoms with Gasteiger partial charge in [0.2, 0.25) is 0 Å². The van der Waals surface area contributed by atoms with E-state index in [4.69, 9.17) is 4.74 Å². The predicted octanol–water partition coefficient (Wildman–Crippen LogP) is 3.21. The minimum atomic E-state index is -0.0114. The van der Waals surface area contributed by atoms with E-state index in [1.54, 1.807) is 0 Å². The summed E-state index contributed by atoms with van der Waals surface area (Å²) in [6, 6.07) is 9.04. The first-order chi connectivity index (χ1) is 8.22. The van der Waals surface area contributed by atoms with Crippen molar-refractivity contribution in [1.29, 1.82) is 0 Å². The minimum absolute atomic E-state index is 0.0114. The van der Waals surface area contributed by atoms with Crippen LogP contribution in [0, 0.1) is 6.92 Å². The maximum atomic E-state index is 5.88. The van der Waals surface area contributed by atoms with E-state index in [2.05, 4.69) is 36.5 Å². The molecule has 0 aromatic heterocycles. The molecule has 2 heteroatoms. The van der Waals surface area contributed by atoms with Gasteiger partial charge in [-0.2, -0.15) is 0 Å². The third kappa shape index (κ3) is 2.38. The second-order valence-electron chi connectivity index (χ2n) is 5.11. The molecule has 0 radical (unpaired) electrons. The Labute approximate surface area is 104 Å². The highest BCUT2D eigenvalue weighted by Gasteiger charge is 2.41. The summed E-state index contributed by atoms with van der Waals surface area (Å²) in [6.07, 6.45) is 4.86. The van der Waals surface area contributed by atoms with Crippen LogP contribution in [0.15, 0.2) is 24.3 Å². The number of aryl methyl sites for hydroxylation is 1. The molecule has 1 fully saturated rings. The highest BCUT2D eigenvalue weighted by atomic mass is 16.5. The number of rotatable bonds is 4. The van der Waals surface area contributed by atoms with Gasteiger partial charge < -0.3 is 10.1 Å². The molecule has 1 atom stereocenters. The Morgan fingerprint density at radius 1 is 1.29 bits per heavy atom. The standard InChI is InChI=1S/C15H23NO/c1-12-7-6-8-13(11-12)14(16-2)15(17-3)9-4-5-10-15/h6-8,11,14,16H,4-5,9-10H2,1-3H3. The maximum absolute atomic E-state index is 5.88. The number of likely N-dealkylation sites (N-methyl/N-ethyl adjacent to an activating group) is 1. The van der Waals surface area contributed by atoms with Crippen LogP contribution in [0.1, 0.15) is 42.9 Å². The van der Waals surface area contributed by atoms with Crippen LogP contribution < -0.4 is 5.32 Å². The molecule has 0 amide bonds. The molecule has 0 saturated heterocycles. The summed E-state index contributed by atoms with van der Waals surface area (Å²) >= 11 is 0. The van der Waals surface area contributed by atoms with Gasteiger partial charge in [-0.25, -0.2) is 0 Å². The molecule has 17 heavy (non-hydrogen) atoms. The van der Waals surface area contributed by atoms with E-state index >= 15 is 0 Å². The molecule has 0 aliphatic heterocycles. The van der Waals surface area contributed by atoms with Gasteiger partial charge in [-0.05, 0) is 32.4 Å². The Kier molecular flexibility index (Phi) is 3.85. The second kappa shape index (κ2) is 5.19. The Balaban J connectivity index is 2.32. The highest BCUT2D eigenvalue weighted by molar-refractivity contribution is 5.27. The van der Waals surface area contributed by atoms with Crippen LogP contribution >= 0.6 is 0 Å². The Morgan fingerprint density at radius 2 is 2.00 bits per heavy atom. The van der Waals surface area contributed by atoms with Gasteiger partial charge in [-0.3, -0.25) is 0 Å². The van der Waals surface area contributed by atoms with Crippen LogP contribution in [-0.4, -0.2) is 19.8 Å². The average molecular weight is 233 g/mol. The molecule has 1 N–H and O–H groups in total. The van der Waals surface area contributed by atoms with Gasteiger partial charge in [-0.1, -0.05) is 42.7 Å². The fourth-order valence-electron chi connectivity index (χ4n) is 3.17. The fourth-order valence-corrected chi connectivity index (χ4v) is 3.17. The van der Waals surface area contributed by atoms with Crippen LogP contribution in [-0.2, 0) is 4.74 Å². The molecule has 1 unspecified atom stereocenters. The van der Waals surface area contributed by atoms with E-state index in [9.17, 15) is 0 Å². The molecule has 1 aromatic rings. The van der Waals surface area contributed by atoms with Gasteiger partial charge in [0, 0.05) is 7.11 Å². The van der Waals surface area contributed by atoms with Crippen LogP contribution in [0.2, 0.25) is 0 Å². The Morgan fingerprint density at radius 3 is 2.53 bits per heavy atom. The van der Waals surface area contributed by atoms with Crippen molar-refractivity contribution in [2.45, 2.75) is 44.2 Å². The van der Waals surface area contributed by atoms with Crippen LogP contribution in [0.4, 0.5) is 0 Å². The van der Waals surface area contributed by atoms with E-state index in [1.165, 1.54) is 24.0 Å². The van der Waals surface area contributed by atoms with Crippen molar-refractivity contribution in [1.82, 2.24) is 5.32 Å². The SMILES string of the molecule is CNC(c1cccc(C)c1)C1(OC)CCCC1. The Bertz CT molecular complexity index is 369. The fraction of sp³-hybridized carbons (Fsp3) is 0.600. The van der Waals surface area contributed by atoms with Gasteiger partial charge in [-0.15, -0.1) is 0 Å². The van der Waals surface area contributed by atoms with E-state index in [1.807, 2.05) is 14.2 Å². The molecule has 2 rings (SSSR count). The van der Waals surface area contributed by atoms with E-state index in [0.717, 1.165) is 12.8 Å². The number of methoxy groups -OCH3 is 1. The molecule has 1 aliphatic carbocycles. The van der Waals surface area contributed by atoms with Crippen LogP contribution in [0.5, 0.6) is 0 Å². The van der Waals surface area contributed by atoms with E-state index in [0.29, 0.717) is 6.04 Å². The number of hydrogen-bond donors (Lipinski definition) is 1. The van der Waals surface area contributed by atoms with Gasteiger partial charge in [0.15, 0.2) is 0 Å². The normalized spacial score (nSPS) is 20.4. The topological polar surface area (TPSA) is 21.3 Å². The van der Waals surface area contributed by atoms with Crippen molar-refractivity contribution in [2.24, 2.45) is 0 Å². The summed E-state index contributed by atoms with van der Waals surface area (Å²) in [5.74, 6) is 0. The van der Waals surface area contributed by atoms with Gasteiger partial charge in [0.1, 0.15) is 0 Å². The smallest absolute Gasteiger partial charge is 0.0872 e. The van der Waals surface area contributed by atoms with E-state index in [-0.39, 0.29) is 5.60 Å². The van der Waals surface area contributed by atoms with Gasteiger partial charge >= 0.3 is 0 Å². The molecule has 0 spiro atoms. The summed E-state index contributed by atoms with van der Waals surface area (Å²) in [6.45, 7) is 2.14. The predicted molar refractivity (Wildman–Crippen MR) is 71.2 cm³/mol. The lowest BCUT2D eigenvalue weighted by Crippen LogP contribution is -2.42.